The van der Waals surface area contributed by atoms with Crippen molar-refractivity contribution in [2.45, 2.75) is 0 Å². The van der Waals surface area contributed by atoms with Crippen molar-refractivity contribution >= 4 is 61.9 Å². The molecule has 0 heterocycles. The summed E-state index contributed by atoms with van der Waals surface area (Å²) < 4.78 is 0. The van der Waals surface area contributed by atoms with E-state index in [2.05, 4.69) is 0 Å². The Morgan fingerprint density at radius 1 is 0.300 bits per heavy atom. The molecule has 0 atom stereocenters. The predicted molar refractivity (Wildman–Crippen MR) is 28.8 cm³/mol. The van der Waals surface area contributed by atoms with Gasteiger partial charge < -0.3 is 84.7 Å². The summed E-state index contributed by atoms with van der Waals surface area (Å²) in [4.78, 5) is 103. The molecule has 0 aromatic carbocycles. The van der Waals surface area contributed by atoms with Gasteiger partial charge in [0.1, 0.15) is 0 Å². The smallest absolute Gasteiger partial charge is 0.894 e. The van der Waals surface area contributed by atoms with Crippen molar-refractivity contribution in [1.82, 2.24) is 0 Å². The summed E-state index contributed by atoms with van der Waals surface area (Å²) >= 11 is 0. The minimum atomic E-state index is -5.61. The Hall–Kier alpha value is 2.79. The molecular formula is Al2Fe3O12Si3. The summed E-state index contributed by atoms with van der Waals surface area (Å²) in [5.41, 5.74) is 0. The van der Waals surface area contributed by atoms with Crippen LogP contribution in [0.15, 0.2) is 0 Å². The summed E-state index contributed by atoms with van der Waals surface area (Å²) in [7, 11) is -16.8. The van der Waals surface area contributed by atoms with Gasteiger partial charge in [0, 0.05) is 0 Å². The van der Waals surface area contributed by atoms with Crippen LogP contribution in [0.1, 0.15) is 0 Å². The Kier molecular flexibility index (Phi) is 53.9. The molecule has 0 N–H and O–H groups in total. The second-order valence-electron chi connectivity index (χ2n) is 1.50. The summed E-state index contributed by atoms with van der Waals surface area (Å²) in [6.07, 6.45) is 0. The Morgan fingerprint density at radius 2 is 0.300 bits per heavy atom. The van der Waals surface area contributed by atoms with Crippen molar-refractivity contribution in [3.63, 3.8) is 0 Å². The Bertz CT molecular complexity index is 107. The fraction of sp³-hybridized carbons (Fsp3) is 0. The first-order valence-corrected chi connectivity index (χ1v) is 7.35. The van der Waals surface area contributed by atoms with Gasteiger partial charge in [0.05, 0.1) is 0 Å². The van der Waals surface area contributed by atoms with E-state index < -0.39 is 27.1 Å². The van der Waals surface area contributed by atoms with Gasteiger partial charge in [0.2, 0.25) is 0 Å². The van der Waals surface area contributed by atoms with Gasteiger partial charge >= 0.3 is 85.9 Å². The molecule has 20 heteroatoms. The van der Waals surface area contributed by atoms with E-state index in [0.717, 1.165) is 0 Å². The first-order chi connectivity index (χ1) is 6.00. The van der Waals surface area contributed by atoms with Gasteiger partial charge in [-0.2, -0.15) is 0 Å². The van der Waals surface area contributed by atoms with Crippen LogP contribution in [0.2, 0.25) is 0 Å². The number of rotatable bonds is 0. The zero-order chi connectivity index (χ0) is 13.5. The maximum Gasteiger partial charge on any atom is 3.00 e. The molecule has 0 amide bonds. The SMILES string of the molecule is [Al+3].[Al+3].[Fe+2].[Fe+2].[Fe+2].[O-][Si]([O-])([O-])[O-].[O-][Si]([O-])([O-])[O-].[O-][Si]([O-])([O-])[O-]. The molecule has 0 saturated carbocycles. The second-order valence-corrected chi connectivity index (χ2v) is 4.50. The maximum atomic E-state index is 8.58. The van der Waals surface area contributed by atoms with Crippen molar-refractivity contribution < 1.29 is 109 Å². The molecule has 0 saturated heterocycles. The zero-order valence-electron chi connectivity index (χ0n) is 8.61. The summed E-state index contributed by atoms with van der Waals surface area (Å²) in [6, 6.07) is 0. The molecular weight excluding hydrogens is 498 g/mol. The van der Waals surface area contributed by atoms with E-state index in [-0.39, 0.29) is 85.9 Å². The third kappa shape index (κ3) is 1040. The van der Waals surface area contributed by atoms with Crippen molar-refractivity contribution in [1.29, 1.82) is 0 Å². The van der Waals surface area contributed by atoms with Gasteiger partial charge in [-0.05, 0) is 0 Å². The van der Waals surface area contributed by atoms with Crippen molar-refractivity contribution in [2.75, 3.05) is 0 Å². The van der Waals surface area contributed by atoms with Gasteiger partial charge in [-0.3, -0.25) is 0 Å². The van der Waals surface area contributed by atoms with Crippen LogP contribution in [-0.2, 0) is 51.2 Å². The van der Waals surface area contributed by atoms with Gasteiger partial charge in [-0.15, -0.1) is 0 Å². The summed E-state index contributed by atoms with van der Waals surface area (Å²) in [6.45, 7) is 0. The average molecular weight is 498 g/mol. The van der Waals surface area contributed by atoms with Crippen LogP contribution < -0.4 is 57.5 Å². The third-order valence-electron chi connectivity index (χ3n) is 0. The molecule has 0 bridgehead atoms. The van der Waals surface area contributed by atoms with Crippen LogP contribution in [0.4, 0.5) is 0 Å². The molecule has 0 aliphatic heterocycles. The van der Waals surface area contributed by atoms with Crippen LogP contribution in [0, 0.1) is 0 Å². The standard InChI is InChI=1S/2Al.3Fe.3O4Si/c;;;;;3*1-5(2,3)4/q2*+3;3*+2;3*-4. The first kappa shape index (κ1) is 49.5. The molecule has 114 valence electrons. The maximum absolute atomic E-state index is 8.58. The van der Waals surface area contributed by atoms with Crippen molar-refractivity contribution in [3.8, 4) is 0 Å². The fourth-order valence-corrected chi connectivity index (χ4v) is 0. The summed E-state index contributed by atoms with van der Waals surface area (Å²) in [5, 5.41) is 0. The monoisotopic (exact) mass is 498 g/mol. The van der Waals surface area contributed by atoms with Crippen LogP contribution in [-0.4, -0.2) is 61.9 Å². The van der Waals surface area contributed by atoms with E-state index in [4.69, 9.17) is 57.5 Å². The quantitative estimate of drug-likeness (QED) is 0.282. The van der Waals surface area contributed by atoms with E-state index in [1.54, 1.807) is 0 Å². The summed E-state index contributed by atoms with van der Waals surface area (Å²) in [5.74, 6) is 0. The number of hydrogen-bond donors (Lipinski definition) is 0. The molecule has 0 unspecified atom stereocenters. The van der Waals surface area contributed by atoms with E-state index in [1.165, 1.54) is 0 Å². The average Bonchev–Trinajstić information content (AvgIpc) is 1.41. The van der Waals surface area contributed by atoms with E-state index in [0.29, 0.717) is 0 Å². The molecule has 0 aliphatic carbocycles. The van der Waals surface area contributed by atoms with Crippen LogP contribution >= 0.6 is 0 Å². The fourth-order valence-electron chi connectivity index (χ4n) is 0. The Balaban J connectivity index is -0.0000000160. The second kappa shape index (κ2) is 21.8. The van der Waals surface area contributed by atoms with Crippen molar-refractivity contribution in [3.05, 3.63) is 0 Å². The molecule has 20 heavy (non-hydrogen) atoms. The van der Waals surface area contributed by atoms with Gasteiger partial charge in [0.15, 0.2) is 0 Å². The van der Waals surface area contributed by atoms with Gasteiger partial charge in [-0.25, -0.2) is 0 Å². The van der Waals surface area contributed by atoms with Crippen LogP contribution in [0.25, 0.3) is 0 Å². The topological polar surface area (TPSA) is 277 Å². The molecule has 0 radical (unpaired) electrons. The predicted octanol–water partition coefficient (Wildman–Crippen LogP) is -16.2. The normalized spacial score (nSPS) is 9.00. The van der Waals surface area contributed by atoms with E-state index >= 15 is 0 Å². The Morgan fingerprint density at radius 3 is 0.300 bits per heavy atom. The van der Waals surface area contributed by atoms with Crippen molar-refractivity contribution in [2.24, 2.45) is 0 Å². The molecule has 0 aromatic rings. The van der Waals surface area contributed by atoms with Gasteiger partial charge in [0.25, 0.3) is 0 Å². The Labute approximate surface area is 169 Å². The van der Waals surface area contributed by atoms with Crippen LogP contribution in [0.3, 0.4) is 0 Å². The third-order valence-corrected chi connectivity index (χ3v) is 0. The van der Waals surface area contributed by atoms with Crippen LogP contribution in [0.5, 0.6) is 0 Å². The minimum Gasteiger partial charge on any atom is -0.894 e. The molecule has 0 aliphatic rings. The molecule has 12 nitrogen and oxygen atoms in total. The minimum absolute atomic E-state index is 0. The number of hydrogen-bond acceptors (Lipinski definition) is 12. The molecule has 0 spiro atoms. The van der Waals surface area contributed by atoms with Gasteiger partial charge in [-0.1, -0.05) is 0 Å². The van der Waals surface area contributed by atoms with E-state index in [1.807, 2.05) is 0 Å². The molecule has 0 fully saturated rings. The first-order valence-electron chi connectivity index (χ1n) is 2.45. The molecule has 0 rings (SSSR count). The van der Waals surface area contributed by atoms with E-state index in [9.17, 15) is 0 Å². The zero-order valence-corrected chi connectivity index (χ0v) is 17.2. The largest absolute Gasteiger partial charge is 3.00 e. The molecule has 0 aromatic heterocycles.